The molecule has 0 fully saturated rings. The molecule has 15 heavy (non-hydrogen) atoms. The highest BCUT2D eigenvalue weighted by molar-refractivity contribution is 9.10. The minimum atomic E-state index is 0.297. The Morgan fingerprint density at radius 1 is 1.47 bits per heavy atom. The monoisotopic (exact) mass is 290 g/mol. The Hall–Kier alpha value is 0.1000. The predicted octanol–water partition coefficient (Wildman–Crippen LogP) is 3.84. The number of rotatable bonds is 6. The molecule has 0 bridgehead atoms. The lowest BCUT2D eigenvalue weighted by molar-refractivity contribution is 0.378. The van der Waals surface area contributed by atoms with Crippen molar-refractivity contribution in [1.82, 2.24) is 5.43 Å². The highest BCUT2D eigenvalue weighted by atomic mass is 79.9. The van der Waals surface area contributed by atoms with Crippen molar-refractivity contribution in [3.63, 3.8) is 0 Å². The molecular weight excluding hydrogens is 272 g/mol. The van der Waals surface area contributed by atoms with Crippen LogP contribution in [0.5, 0.6) is 0 Å². The zero-order chi connectivity index (χ0) is 11.3. The summed E-state index contributed by atoms with van der Waals surface area (Å²) >= 11 is 5.23. The van der Waals surface area contributed by atoms with Gasteiger partial charge in [0, 0.05) is 14.7 Å². The van der Waals surface area contributed by atoms with Crippen molar-refractivity contribution in [2.24, 2.45) is 11.8 Å². The molecule has 0 radical (unpaired) electrons. The average Bonchev–Trinajstić information content (AvgIpc) is 2.67. The van der Waals surface area contributed by atoms with E-state index in [1.165, 1.54) is 17.7 Å². The lowest BCUT2D eigenvalue weighted by Gasteiger charge is -2.20. The second-order valence-corrected chi connectivity index (χ2v) is 5.66. The van der Waals surface area contributed by atoms with Crippen LogP contribution >= 0.6 is 27.3 Å². The van der Waals surface area contributed by atoms with Crippen LogP contribution in [0.3, 0.4) is 0 Å². The van der Waals surface area contributed by atoms with E-state index in [-0.39, 0.29) is 0 Å². The fourth-order valence-electron chi connectivity index (χ4n) is 1.73. The van der Waals surface area contributed by atoms with Crippen molar-refractivity contribution in [2.75, 3.05) is 0 Å². The van der Waals surface area contributed by atoms with Crippen LogP contribution in [0.15, 0.2) is 15.9 Å². The summed E-state index contributed by atoms with van der Waals surface area (Å²) < 4.78 is 1.15. The molecular formula is C11H19BrN2S. The molecule has 2 nitrogen and oxygen atoms in total. The fourth-order valence-corrected chi connectivity index (χ4v) is 3.25. The Morgan fingerprint density at radius 2 is 2.13 bits per heavy atom. The number of hydrogen-bond acceptors (Lipinski definition) is 3. The number of nitrogens with two attached hydrogens (primary N) is 1. The molecule has 0 saturated carbocycles. The van der Waals surface area contributed by atoms with Gasteiger partial charge in [0.1, 0.15) is 0 Å². The van der Waals surface area contributed by atoms with Gasteiger partial charge in [-0.15, -0.1) is 11.3 Å². The molecule has 0 aliphatic carbocycles. The van der Waals surface area contributed by atoms with Crippen molar-refractivity contribution in [3.05, 3.63) is 20.8 Å². The quantitative estimate of drug-likeness (QED) is 0.617. The Kier molecular flexibility index (Phi) is 5.82. The van der Waals surface area contributed by atoms with Crippen molar-refractivity contribution < 1.29 is 0 Å². The summed E-state index contributed by atoms with van der Waals surface area (Å²) in [7, 11) is 0. The molecule has 0 saturated heterocycles. The second-order valence-electron chi connectivity index (χ2n) is 3.80. The van der Waals surface area contributed by atoms with E-state index < -0.39 is 0 Å². The van der Waals surface area contributed by atoms with E-state index in [2.05, 4.69) is 46.6 Å². The van der Waals surface area contributed by atoms with Gasteiger partial charge in [-0.2, -0.15) is 0 Å². The van der Waals surface area contributed by atoms with Gasteiger partial charge in [0.25, 0.3) is 0 Å². The van der Waals surface area contributed by atoms with Crippen LogP contribution in [0, 0.1) is 5.92 Å². The van der Waals surface area contributed by atoms with E-state index in [1.807, 2.05) is 0 Å². The summed E-state index contributed by atoms with van der Waals surface area (Å²) in [5.41, 5.74) is 2.92. The van der Waals surface area contributed by atoms with Gasteiger partial charge in [-0.3, -0.25) is 11.3 Å². The topological polar surface area (TPSA) is 38.0 Å². The third-order valence-corrected chi connectivity index (χ3v) is 4.66. The summed E-state index contributed by atoms with van der Waals surface area (Å²) in [6, 6.07) is 2.45. The SMILES string of the molecule is CCC(CC)CC(NN)c1cc(Br)cs1. The Bertz CT molecular complexity index is 284. The fraction of sp³-hybridized carbons (Fsp3) is 0.636. The van der Waals surface area contributed by atoms with Crippen LogP contribution in [0.25, 0.3) is 0 Å². The first-order valence-electron chi connectivity index (χ1n) is 5.41. The largest absolute Gasteiger partial charge is 0.271 e. The van der Waals surface area contributed by atoms with Crippen molar-refractivity contribution in [2.45, 2.75) is 39.2 Å². The van der Waals surface area contributed by atoms with Crippen LogP contribution in [0.1, 0.15) is 44.0 Å². The highest BCUT2D eigenvalue weighted by Crippen LogP contribution is 2.30. The smallest absolute Gasteiger partial charge is 0.0556 e. The Morgan fingerprint density at radius 3 is 2.53 bits per heavy atom. The zero-order valence-corrected chi connectivity index (χ0v) is 11.7. The molecule has 1 rings (SSSR count). The van der Waals surface area contributed by atoms with Gasteiger partial charge in [0.2, 0.25) is 0 Å². The molecule has 3 N–H and O–H groups in total. The molecule has 0 aliphatic rings. The normalized spacial score (nSPS) is 13.4. The molecule has 4 heteroatoms. The maximum atomic E-state index is 5.61. The zero-order valence-electron chi connectivity index (χ0n) is 9.29. The van der Waals surface area contributed by atoms with Crippen LogP contribution in [0.4, 0.5) is 0 Å². The number of hydrazine groups is 1. The van der Waals surface area contributed by atoms with E-state index in [4.69, 9.17) is 5.84 Å². The Balaban J connectivity index is 2.63. The molecule has 1 aromatic heterocycles. The van der Waals surface area contributed by atoms with Crippen molar-refractivity contribution in [3.8, 4) is 0 Å². The maximum Gasteiger partial charge on any atom is 0.0556 e. The second kappa shape index (κ2) is 6.63. The number of hydrogen-bond donors (Lipinski definition) is 2. The third kappa shape index (κ3) is 3.87. The van der Waals surface area contributed by atoms with E-state index in [0.717, 1.165) is 16.8 Å². The Labute approximate surface area is 104 Å². The molecule has 1 heterocycles. The minimum Gasteiger partial charge on any atom is -0.271 e. The molecule has 0 spiro atoms. The molecule has 86 valence electrons. The number of nitrogens with one attached hydrogen (secondary N) is 1. The lowest BCUT2D eigenvalue weighted by atomic mass is 9.94. The first-order chi connectivity index (χ1) is 7.21. The van der Waals surface area contributed by atoms with E-state index >= 15 is 0 Å². The third-order valence-electron chi connectivity index (χ3n) is 2.86. The van der Waals surface area contributed by atoms with Gasteiger partial charge in [0.15, 0.2) is 0 Å². The van der Waals surface area contributed by atoms with Gasteiger partial charge in [-0.05, 0) is 34.3 Å². The molecule has 0 aromatic carbocycles. The van der Waals surface area contributed by atoms with Crippen LogP contribution < -0.4 is 11.3 Å². The maximum absolute atomic E-state index is 5.61. The molecule has 0 amide bonds. The summed E-state index contributed by atoms with van der Waals surface area (Å²) in [5, 5.41) is 2.10. The molecule has 1 atom stereocenters. The van der Waals surface area contributed by atoms with Crippen LogP contribution in [0.2, 0.25) is 0 Å². The predicted molar refractivity (Wildman–Crippen MR) is 70.8 cm³/mol. The van der Waals surface area contributed by atoms with Gasteiger partial charge in [-0.1, -0.05) is 26.7 Å². The van der Waals surface area contributed by atoms with E-state index in [9.17, 15) is 0 Å². The average molecular weight is 291 g/mol. The summed E-state index contributed by atoms with van der Waals surface area (Å²) in [6.45, 7) is 4.48. The summed E-state index contributed by atoms with van der Waals surface area (Å²) in [4.78, 5) is 1.32. The van der Waals surface area contributed by atoms with Gasteiger partial charge < -0.3 is 0 Å². The van der Waals surface area contributed by atoms with Crippen molar-refractivity contribution >= 4 is 27.3 Å². The van der Waals surface area contributed by atoms with Crippen LogP contribution in [-0.4, -0.2) is 0 Å². The van der Waals surface area contributed by atoms with Crippen LogP contribution in [-0.2, 0) is 0 Å². The standard InChI is InChI=1S/C11H19BrN2S/c1-3-8(4-2)5-10(14-13)11-6-9(12)7-15-11/h6-8,10,14H,3-5,13H2,1-2H3. The van der Waals surface area contributed by atoms with Gasteiger partial charge in [-0.25, -0.2) is 0 Å². The molecule has 0 aliphatic heterocycles. The van der Waals surface area contributed by atoms with E-state index in [1.54, 1.807) is 11.3 Å². The number of halogens is 1. The summed E-state index contributed by atoms with van der Waals surface area (Å²) in [5.74, 6) is 6.37. The minimum absolute atomic E-state index is 0.297. The highest BCUT2D eigenvalue weighted by Gasteiger charge is 2.16. The van der Waals surface area contributed by atoms with Gasteiger partial charge >= 0.3 is 0 Å². The number of thiophene rings is 1. The first kappa shape index (κ1) is 13.2. The summed E-state index contributed by atoms with van der Waals surface area (Å²) in [6.07, 6.45) is 3.57. The van der Waals surface area contributed by atoms with E-state index in [0.29, 0.717) is 6.04 Å². The molecule has 1 aromatic rings. The first-order valence-corrected chi connectivity index (χ1v) is 7.08. The molecule has 1 unspecified atom stereocenters. The van der Waals surface area contributed by atoms with Crippen molar-refractivity contribution in [1.29, 1.82) is 0 Å². The lowest BCUT2D eigenvalue weighted by Crippen LogP contribution is -2.29. The van der Waals surface area contributed by atoms with Gasteiger partial charge in [0.05, 0.1) is 6.04 Å².